The van der Waals surface area contributed by atoms with Crippen molar-refractivity contribution in [3.05, 3.63) is 87.8 Å². The molecule has 0 saturated carbocycles. The van der Waals surface area contributed by atoms with Crippen molar-refractivity contribution in [1.82, 2.24) is 14.8 Å². The summed E-state index contributed by atoms with van der Waals surface area (Å²) < 4.78 is 13.7. The summed E-state index contributed by atoms with van der Waals surface area (Å²) in [4.78, 5) is 30.6. The van der Waals surface area contributed by atoms with Crippen LogP contribution in [0.5, 0.6) is 0 Å². The summed E-state index contributed by atoms with van der Waals surface area (Å²) in [5.74, 6) is -0.0662. The Balaban J connectivity index is 1.60. The number of nitrogens with one attached hydrogen (secondary N) is 1. The molecule has 0 spiro atoms. The summed E-state index contributed by atoms with van der Waals surface area (Å²) in [7, 11) is 1.84. The molecule has 0 aliphatic rings. The first kappa shape index (κ1) is 25.2. The third-order valence-corrected chi connectivity index (χ3v) is 6.16. The largest absolute Gasteiger partial charge is 0.456 e. The number of carbonyl (C=O) groups excluding carboxylic acids is 1. The van der Waals surface area contributed by atoms with Crippen LogP contribution in [-0.4, -0.2) is 26.3 Å². The standard InChI is InChI=1S/C30H30N4O4/c1-17-13-21(18(2)32-23-10-8-7-9-20(23)29(36)38-30(3,4)5)28-22(14-17)24(35)15-25(37-28)27-26-19(11-12-31-27)16-34(6)33-26/h7-16,18,32H,1-6H3. The number of hydrogen-bond acceptors (Lipinski definition) is 7. The number of anilines is 1. The summed E-state index contributed by atoms with van der Waals surface area (Å²) >= 11 is 0. The summed E-state index contributed by atoms with van der Waals surface area (Å²) in [6.07, 6.45) is 3.57. The first-order valence-electron chi connectivity index (χ1n) is 12.5. The number of hydrogen-bond donors (Lipinski definition) is 1. The van der Waals surface area contributed by atoms with Gasteiger partial charge < -0.3 is 14.5 Å². The number of carbonyl (C=O) groups is 1. The monoisotopic (exact) mass is 510 g/mol. The van der Waals surface area contributed by atoms with Gasteiger partial charge in [-0.2, -0.15) is 5.10 Å². The molecule has 8 heteroatoms. The predicted molar refractivity (Wildman–Crippen MR) is 148 cm³/mol. The van der Waals surface area contributed by atoms with Crippen LogP contribution in [-0.2, 0) is 11.8 Å². The van der Waals surface area contributed by atoms with Gasteiger partial charge in [-0.25, -0.2) is 4.79 Å². The number of nitrogens with zero attached hydrogens (tertiary/aromatic N) is 3. The van der Waals surface area contributed by atoms with Crippen LogP contribution in [0.2, 0.25) is 0 Å². The van der Waals surface area contributed by atoms with Gasteiger partial charge in [-0.05, 0) is 64.4 Å². The number of pyridine rings is 1. The Hall–Kier alpha value is -4.46. The SMILES string of the molecule is Cc1cc(C(C)Nc2ccccc2C(=O)OC(C)(C)C)c2oc(-c3nccc4cn(C)nc34)cc(=O)c2c1. The number of esters is 1. The minimum absolute atomic E-state index is 0.165. The molecule has 1 atom stereocenters. The van der Waals surface area contributed by atoms with Crippen molar-refractivity contribution in [3.8, 4) is 11.5 Å². The minimum atomic E-state index is -0.618. The zero-order chi connectivity index (χ0) is 27.2. The molecule has 1 N–H and O–H groups in total. The Kier molecular flexibility index (Phi) is 6.26. The molecule has 194 valence electrons. The van der Waals surface area contributed by atoms with Crippen LogP contribution >= 0.6 is 0 Å². The Labute approximate surface area is 220 Å². The zero-order valence-electron chi connectivity index (χ0n) is 22.3. The lowest BCUT2D eigenvalue weighted by atomic mass is 10.0. The molecule has 0 radical (unpaired) electrons. The van der Waals surface area contributed by atoms with E-state index in [1.165, 1.54) is 6.07 Å². The molecule has 0 aliphatic heterocycles. The molecule has 3 heterocycles. The highest BCUT2D eigenvalue weighted by Crippen LogP contribution is 2.32. The highest BCUT2D eigenvalue weighted by Gasteiger charge is 2.23. The molecule has 5 aromatic rings. The molecule has 2 aromatic carbocycles. The van der Waals surface area contributed by atoms with E-state index in [0.717, 1.165) is 16.5 Å². The summed E-state index contributed by atoms with van der Waals surface area (Å²) in [6, 6.07) is 14.1. The lowest BCUT2D eigenvalue weighted by Gasteiger charge is -2.22. The third kappa shape index (κ3) is 4.89. The summed E-state index contributed by atoms with van der Waals surface area (Å²) in [5.41, 5.74) is 3.60. The van der Waals surface area contributed by atoms with Gasteiger partial charge in [0, 0.05) is 42.1 Å². The fourth-order valence-corrected chi connectivity index (χ4v) is 4.55. The second-order valence-corrected chi connectivity index (χ2v) is 10.5. The maximum Gasteiger partial charge on any atom is 0.340 e. The molecule has 3 aromatic heterocycles. The molecule has 8 nitrogen and oxygen atoms in total. The van der Waals surface area contributed by atoms with Crippen molar-refractivity contribution in [2.75, 3.05) is 5.32 Å². The van der Waals surface area contributed by atoms with Crippen LogP contribution < -0.4 is 10.7 Å². The number of ether oxygens (including phenoxy) is 1. The topological polar surface area (TPSA) is 99.2 Å². The van der Waals surface area contributed by atoms with Gasteiger partial charge in [0.2, 0.25) is 0 Å². The van der Waals surface area contributed by atoms with E-state index in [4.69, 9.17) is 9.15 Å². The first-order chi connectivity index (χ1) is 18.0. The Morgan fingerprint density at radius 2 is 1.89 bits per heavy atom. The maximum absolute atomic E-state index is 13.3. The van der Waals surface area contributed by atoms with E-state index >= 15 is 0 Å². The van der Waals surface area contributed by atoms with Crippen LogP contribution in [0.3, 0.4) is 0 Å². The molecule has 0 bridgehead atoms. The van der Waals surface area contributed by atoms with Gasteiger partial charge in [0.25, 0.3) is 0 Å². The van der Waals surface area contributed by atoms with Crippen molar-refractivity contribution in [3.63, 3.8) is 0 Å². The van der Waals surface area contributed by atoms with Crippen molar-refractivity contribution in [2.24, 2.45) is 7.05 Å². The van der Waals surface area contributed by atoms with Gasteiger partial charge in [0.1, 0.15) is 22.4 Å². The number of aryl methyl sites for hydroxylation is 2. The lowest BCUT2D eigenvalue weighted by molar-refractivity contribution is 0.00706. The first-order valence-corrected chi connectivity index (χ1v) is 12.5. The van der Waals surface area contributed by atoms with Crippen molar-refractivity contribution < 1.29 is 13.9 Å². The molecule has 5 rings (SSSR count). The number of fused-ring (bicyclic) bond motifs is 2. The van der Waals surface area contributed by atoms with Crippen LogP contribution in [0.1, 0.15) is 55.2 Å². The van der Waals surface area contributed by atoms with Crippen LogP contribution in [0.25, 0.3) is 33.3 Å². The fraction of sp³-hybridized carbons (Fsp3) is 0.267. The van der Waals surface area contributed by atoms with E-state index < -0.39 is 11.6 Å². The molecule has 1 unspecified atom stereocenters. The fourth-order valence-electron chi connectivity index (χ4n) is 4.55. The van der Waals surface area contributed by atoms with Gasteiger partial charge >= 0.3 is 5.97 Å². The number of para-hydroxylation sites is 1. The molecular weight excluding hydrogens is 480 g/mol. The van der Waals surface area contributed by atoms with Gasteiger partial charge in [-0.15, -0.1) is 0 Å². The Bertz CT molecular complexity index is 1740. The maximum atomic E-state index is 13.3. The molecular formula is C30H30N4O4. The normalized spacial score (nSPS) is 12.6. The van der Waals surface area contributed by atoms with E-state index in [2.05, 4.69) is 15.4 Å². The Morgan fingerprint density at radius 3 is 2.66 bits per heavy atom. The molecule has 0 aliphatic carbocycles. The van der Waals surface area contributed by atoms with Crippen molar-refractivity contribution in [2.45, 2.75) is 46.3 Å². The molecule has 38 heavy (non-hydrogen) atoms. The van der Waals surface area contributed by atoms with Crippen molar-refractivity contribution in [1.29, 1.82) is 0 Å². The summed E-state index contributed by atoms with van der Waals surface area (Å²) in [6.45, 7) is 9.41. The molecule has 0 amide bonds. The van der Waals surface area contributed by atoms with E-state index in [1.54, 1.807) is 23.0 Å². The smallest absolute Gasteiger partial charge is 0.340 e. The van der Waals surface area contributed by atoms with Gasteiger partial charge in [0.05, 0.1) is 17.0 Å². The third-order valence-electron chi connectivity index (χ3n) is 6.16. The highest BCUT2D eigenvalue weighted by atomic mass is 16.6. The minimum Gasteiger partial charge on any atom is -0.456 e. The van der Waals surface area contributed by atoms with Gasteiger partial charge in [-0.3, -0.25) is 14.5 Å². The van der Waals surface area contributed by atoms with Crippen LogP contribution in [0, 0.1) is 6.92 Å². The Morgan fingerprint density at radius 1 is 1.13 bits per heavy atom. The van der Waals surface area contributed by atoms with Crippen LogP contribution in [0.15, 0.2) is 70.1 Å². The van der Waals surface area contributed by atoms with E-state index in [9.17, 15) is 9.59 Å². The van der Waals surface area contributed by atoms with Gasteiger partial charge in [-0.1, -0.05) is 18.2 Å². The quantitative estimate of drug-likeness (QED) is 0.282. The van der Waals surface area contributed by atoms with E-state index in [1.807, 2.05) is 78.2 Å². The highest BCUT2D eigenvalue weighted by molar-refractivity contribution is 5.96. The molecule has 0 fully saturated rings. The number of rotatable bonds is 5. The number of benzene rings is 2. The average Bonchev–Trinajstić information content (AvgIpc) is 3.23. The zero-order valence-corrected chi connectivity index (χ0v) is 22.3. The second kappa shape index (κ2) is 9.45. The van der Waals surface area contributed by atoms with Crippen molar-refractivity contribution >= 4 is 33.5 Å². The van der Waals surface area contributed by atoms with E-state index in [-0.39, 0.29) is 11.5 Å². The van der Waals surface area contributed by atoms with E-state index in [0.29, 0.717) is 39.2 Å². The summed E-state index contributed by atoms with van der Waals surface area (Å²) in [5, 5.41) is 9.32. The second-order valence-electron chi connectivity index (χ2n) is 10.5. The predicted octanol–water partition coefficient (Wildman–Crippen LogP) is 6.18. The molecule has 0 saturated heterocycles. The van der Waals surface area contributed by atoms with Gasteiger partial charge in [0.15, 0.2) is 11.2 Å². The average molecular weight is 511 g/mol. The van der Waals surface area contributed by atoms with Crippen LogP contribution in [0.4, 0.5) is 5.69 Å². The lowest BCUT2D eigenvalue weighted by Crippen LogP contribution is -2.24. The number of aromatic nitrogens is 3.